The van der Waals surface area contributed by atoms with E-state index in [1.807, 2.05) is 12.3 Å². The summed E-state index contributed by atoms with van der Waals surface area (Å²) in [5.74, 6) is 0.662. The molecule has 4 rings (SSSR count). The van der Waals surface area contributed by atoms with Crippen molar-refractivity contribution < 1.29 is 9.18 Å². The first-order chi connectivity index (χ1) is 11.6. The predicted octanol–water partition coefficient (Wildman–Crippen LogP) is 3.41. The number of aromatic nitrogens is 3. The fourth-order valence-electron chi connectivity index (χ4n) is 3.46. The largest absolute Gasteiger partial charge is 0.328 e. The Hall–Kier alpha value is -2.15. The minimum Gasteiger partial charge on any atom is -0.328 e. The second kappa shape index (κ2) is 5.73. The van der Waals surface area contributed by atoms with E-state index >= 15 is 0 Å². The Bertz CT molecular complexity index is 860. The van der Waals surface area contributed by atoms with Crippen LogP contribution in [-0.2, 0) is 4.79 Å². The van der Waals surface area contributed by atoms with E-state index in [9.17, 15) is 9.18 Å². The van der Waals surface area contributed by atoms with Gasteiger partial charge in [0.2, 0.25) is 11.1 Å². The van der Waals surface area contributed by atoms with Gasteiger partial charge in [0.25, 0.3) is 0 Å². The van der Waals surface area contributed by atoms with Crippen molar-refractivity contribution in [3.8, 4) is 0 Å². The first-order valence-electron chi connectivity index (χ1n) is 7.86. The average Bonchev–Trinajstić information content (AvgIpc) is 2.95. The highest BCUT2D eigenvalue weighted by Gasteiger charge is 2.38. The molecule has 0 spiro atoms. The quantitative estimate of drug-likeness (QED) is 0.846. The van der Waals surface area contributed by atoms with Crippen molar-refractivity contribution in [2.45, 2.75) is 31.0 Å². The van der Waals surface area contributed by atoms with Gasteiger partial charge in [0, 0.05) is 17.7 Å². The summed E-state index contributed by atoms with van der Waals surface area (Å²) in [6.07, 6.45) is 3.19. The molecule has 1 aliphatic carbocycles. The van der Waals surface area contributed by atoms with E-state index in [2.05, 4.69) is 22.3 Å². The number of Topliss-reactive ketones (excluding diaryl/α,β-unsaturated/α-hetero) is 1. The maximum Gasteiger partial charge on any atom is 0.227 e. The number of anilines is 1. The summed E-state index contributed by atoms with van der Waals surface area (Å²) in [7, 11) is 0. The number of nitrogens with zero attached hydrogens (tertiary/aromatic N) is 3. The van der Waals surface area contributed by atoms with E-state index in [1.165, 1.54) is 23.9 Å². The Morgan fingerprint density at radius 2 is 2.21 bits per heavy atom. The third-order valence-electron chi connectivity index (χ3n) is 4.45. The van der Waals surface area contributed by atoms with Crippen LogP contribution in [0.5, 0.6) is 0 Å². The Labute approximate surface area is 143 Å². The molecule has 24 heavy (non-hydrogen) atoms. The van der Waals surface area contributed by atoms with Crippen molar-refractivity contribution in [1.82, 2.24) is 14.8 Å². The van der Waals surface area contributed by atoms with Crippen LogP contribution in [0, 0.1) is 11.7 Å². The van der Waals surface area contributed by atoms with Crippen molar-refractivity contribution in [2.75, 3.05) is 11.6 Å². The Kier molecular flexibility index (Phi) is 3.68. The summed E-state index contributed by atoms with van der Waals surface area (Å²) in [5.41, 5.74) is 2.29. The zero-order valence-electron chi connectivity index (χ0n) is 13.4. The van der Waals surface area contributed by atoms with Crippen LogP contribution in [0.2, 0.25) is 0 Å². The van der Waals surface area contributed by atoms with Gasteiger partial charge in [-0.2, -0.15) is 4.98 Å². The lowest BCUT2D eigenvalue weighted by Crippen LogP contribution is -2.33. The molecule has 0 radical (unpaired) electrons. The predicted molar refractivity (Wildman–Crippen MR) is 90.4 cm³/mol. The first-order valence-corrected chi connectivity index (χ1v) is 9.08. The lowest BCUT2D eigenvalue weighted by atomic mass is 9.81. The molecule has 0 bridgehead atoms. The molecular formula is C17H17FN4OS. The number of ketones is 1. The average molecular weight is 344 g/mol. The number of nitrogens with one attached hydrogen (secondary N) is 1. The zero-order valence-corrected chi connectivity index (χ0v) is 14.2. The van der Waals surface area contributed by atoms with Crippen molar-refractivity contribution in [1.29, 1.82) is 0 Å². The summed E-state index contributed by atoms with van der Waals surface area (Å²) < 4.78 is 15.5. The van der Waals surface area contributed by atoms with E-state index in [0.717, 1.165) is 12.1 Å². The molecule has 2 atom stereocenters. The number of allylic oxidation sites excluding steroid dienone is 2. The van der Waals surface area contributed by atoms with Gasteiger partial charge in [0.1, 0.15) is 11.9 Å². The van der Waals surface area contributed by atoms with E-state index in [-0.39, 0.29) is 17.5 Å². The number of rotatable bonds is 2. The molecule has 2 aromatic rings. The molecule has 5 nitrogen and oxygen atoms in total. The lowest BCUT2D eigenvalue weighted by molar-refractivity contribution is -0.117. The number of hydrogen-bond donors (Lipinski definition) is 1. The summed E-state index contributed by atoms with van der Waals surface area (Å²) >= 11 is 1.44. The maximum atomic E-state index is 13.8. The van der Waals surface area contributed by atoms with Crippen LogP contribution in [0.15, 0.2) is 40.7 Å². The van der Waals surface area contributed by atoms with Gasteiger partial charge >= 0.3 is 0 Å². The van der Waals surface area contributed by atoms with Crippen LogP contribution in [0.4, 0.5) is 10.3 Å². The van der Waals surface area contributed by atoms with Crippen LogP contribution in [0.25, 0.3) is 0 Å². The number of benzene rings is 1. The third-order valence-corrected chi connectivity index (χ3v) is 4.99. The summed E-state index contributed by atoms with van der Waals surface area (Å²) in [5, 5.41) is 8.39. The highest BCUT2D eigenvalue weighted by Crippen LogP contribution is 2.41. The van der Waals surface area contributed by atoms with Crippen molar-refractivity contribution in [2.24, 2.45) is 5.92 Å². The molecule has 1 N–H and O–H groups in total. The molecule has 2 heterocycles. The number of halogens is 1. The van der Waals surface area contributed by atoms with Gasteiger partial charge in [0.15, 0.2) is 5.78 Å². The SMILES string of the molecule is CSc1nc2n(n1)[C@@H](c1cccc(F)c1)C1=C(C[C@@H](C)CC1=O)N2. The monoisotopic (exact) mass is 344 g/mol. The van der Waals surface area contributed by atoms with E-state index in [4.69, 9.17) is 0 Å². The molecule has 0 saturated carbocycles. The number of carbonyl (C=O) groups excluding carboxylic acids is 1. The molecule has 0 fully saturated rings. The third kappa shape index (κ3) is 2.43. The van der Waals surface area contributed by atoms with Crippen molar-refractivity contribution in [3.05, 3.63) is 46.9 Å². The summed E-state index contributed by atoms with van der Waals surface area (Å²) in [6, 6.07) is 5.94. The molecular weight excluding hydrogens is 327 g/mol. The first kappa shape index (κ1) is 15.4. The minimum atomic E-state index is -0.430. The second-order valence-electron chi connectivity index (χ2n) is 6.28. The van der Waals surface area contributed by atoms with E-state index < -0.39 is 6.04 Å². The van der Waals surface area contributed by atoms with Gasteiger partial charge in [-0.25, -0.2) is 9.07 Å². The molecule has 1 aliphatic heterocycles. The molecule has 1 aromatic carbocycles. The molecule has 7 heteroatoms. The zero-order chi connectivity index (χ0) is 16.8. The van der Waals surface area contributed by atoms with E-state index in [1.54, 1.807) is 10.7 Å². The van der Waals surface area contributed by atoms with Crippen LogP contribution in [0.1, 0.15) is 31.4 Å². The molecule has 2 aliphatic rings. The number of thioether (sulfide) groups is 1. The fraction of sp³-hybridized carbons (Fsp3) is 0.353. The molecule has 0 unspecified atom stereocenters. The van der Waals surface area contributed by atoms with Crippen molar-refractivity contribution >= 4 is 23.5 Å². The van der Waals surface area contributed by atoms with Crippen LogP contribution in [-0.4, -0.2) is 26.8 Å². The molecule has 1 aromatic heterocycles. The van der Waals surface area contributed by atoms with Crippen LogP contribution in [0.3, 0.4) is 0 Å². The molecule has 0 saturated heterocycles. The van der Waals surface area contributed by atoms with Gasteiger partial charge in [-0.15, -0.1) is 5.10 Å². The van der Waals surface area contributed by atoms with Gasteiger partial charge < -0.3 is 5.32 Å². The van der Waals surface area contributed by atoms with Gasteiger partial charge in [-0.3, -0.25) is 4.79 Å². The van der Waals surface area contributed by atoms with E-state index in [0.29, 0.717) is 28.7 Å². The Balaban J connectivity index is 1.92. The van der Waals surface area contributed by atoms with Crippen LogP contribution < -0.4 is 5.32 Å². The molecule has 124 valence electrons. The second-order valence-corrected chi connectivity index (χ2v) is 7.05. The Morgan fingerprint density at radius 3 is 2.96 bits per heavy atom. The van der Waals surface area contributed by atoms with Crippen molar-refractivity contribution in [3.63, 3.8) is 0 Å². The Morgan fingerprint density at radius 1 is 1.38 bits per heavy atom. The highest BCUT2D eigenvalue weighted by molar-refractivity contribution is 7.98. The minimum absolute atomic E-state index is 0.0948. The standard InChI is InChI=1S/C17H17FN4OS/c1-9-6-12-14(13(23)7-9)15(10-4-3-5-11(18)8-10)22-16(19-12)20-17(21-22)24-2/h3-5,8-9,15H,6-7H2,1-2H3,(H,19,20,21)/t9-,15+/m1/s1. The van der Waals surface area contributed by atoms with Gasteiger partial charge in [0.05, 0.1) is 0 Å². The maximum absolute atomic E-state index is 13.8. The number of hydrogen-bond acceptors (Lipinski definition) is 5. The fourth-order valence-corrected chi connectivity index (χ4v) is 3.81. The smallest absolute Gasteiger partial charge is 0.227 e. The summed E-state index contributed by atoms with van der Waals surface area (Å²) in [6.45, 7) is 2.06. The van der Waals surface area contributed by atoms with Gasteiger partial charge in [-0.05, 0) is 36.3 Å². The highest BCUT2D eigenvalue weighted by atomic mass is 32.2. The number of fused-ring (bicyclic) bond motifs is 1. The normalized spacial score (nSPS) is 22.9. The topological polar surface area (TPSA) is 59.8 Å². The molecule has 0 amide bonds. The lowest BCUT2D eigenvalue weighted by Gasteiger charge is -2.34. The van der Waals surface area contributed by atoms with Gasteiger partial charge in [-0.1, -0.05) is 30.8 Å². The number of carbonyl (C=O) groups is 1. The summed E-state index contributed by atoms with van der Waals surface area (Å²) in [4.78, 5) is 17.2. The van der Waals surface area contributed by atoms with Crippen LogP contribution >= 0.6 is 11.8 Å².